The van der Waals surface area contributed by atoms with E-state index in [0.29, 0.717) is 11.1 Å². The van der Waals surface area contributed by atoms with Crippen molar-refractivity contribution in [3.63, 3.8) is 0 Å². The smallest absolute Gasteiger partial charge is 0.193 e. The van der Waals surface area contributed by atoms with Crippen LogP contribution < -0.4 is 4.74 Å². The van der Waals surface area contributed by atoms with Crippen LogP contribution in [0.25, 0.3) is 21.8 Å². The van der Waals surface area contributed by atoms with Gasteiger partial charge in [-0.05, 0) is 60.2 Å². The number of aliphatic hydroxyl groups excluding tert-OH is 1. The van der Waals surface area contributed by atoms with Gasteiger partial charge in [-0.3, -0.25) is 4.79 Å². The van der Waals surface area contributed by atoms with E-state index in [9.17, 15) is 9.90 Å². The van der Waals surface area contributed by atoms with E-state index in [4.69, 9.17) is 4.74 Å². The number of aromatic amines is 1. The fourth-order valence-electron chi connectivity index (χ4n) is 3.09. The summed E-state index contributed by atoms with van der Waals surface area (Å²) in [6.45, 7) is -0.00686. The number of hydrogen-bond acceptors (Lipinski definition) is 3. The van der Waals surface area contributed by atoms with Crippen LogP contribution in [0, 0.1) is 0 Å². The third-order valence-corrected chi connectivity index (χ3v) is 4.46. The molecule has 0 aliphatic heterocycles. The summed E-state index contributed by atoms with van der Waals surface area (Å²) in [6.07, 6.45) is 0. The van der Waals surface area contributed by atoms with Crippen molar-refractivity contribution in [2.24, 2.45) is 0 Å². The molecular weight excluding hydrogens is 314 g/mol. The summed E-state index contributed by atoms with van der Waals surface area (Å²) >= 11 is 0. The van der Waals surface area contributed by atoms with Crippen LogP contribution in [0.1, 0.15) is 21.5 Å². The van der Waals surface area contributed by atoms with E-state index in [2.05, 4.69) is 4.98 Å². The quantitative estimate of drug-likeness (QED) is 0.555. The van der Waals surface area contributed by atoms with Crippen molar-refractivity contribution in [2.45, 2.75) is 6.61 Å². The van der Waals surface area contributed by atoms with E-state index in [0.717, 1.165) is 33.1 Å². The van der Waals surface area contributed by atoms with E-state index in [1.165, 1.54) is 0 Å². The third kappa shape index (κ3) is 2.66. The summed E-state index contributed by atoms with van der Waals surface area (Å²) in [5, 5.41) is 11.3. The van der Waals surface area contributed by atoms with Gasteiger partial charge in [0.05, 0.1) is 13.7 Å². The summed E-state index contributed by atoms with van der Waals surface area (Å²) < 4.78 is 5.14. The fraction of sp³-hybridized carbons (Fsp3) is 0.0952. The van der Waals surface area contributed by atoms with Crippen molar-refractivity contribution in [1.82, 2.24) is 4.98 Å². The number of aliphatic hydroxyl groups is 1. The highest BCUT2D eigenvalue weighted by Crippen LogP contribution is 2.28. The van der Waals surface area contributed by atoms with Crippen LogP contribution in [0.15, 0.2) is 60.7 Å². The summed E-state index contributed by atoms with van der Waals surface area (Å²) in [5.74, 6) is 0.692. The van der Waals surface area contributed by atoms with Crippen LogP contribution in [0.5, 0.6) is 5.75 Å². The molecule has 124 valence electrons. The third-order valence-electron chi connectivity index (χ3n) is 4.46. The van der Waals surface area contributed by atoms with Gasteiger partial charge in [0, 0.05) is 32.9 Å². The first-order chi connectivity index (χ1) is 12.2. The number of aromatic nitrogens is 1. The predicted octanol–water partition coefficient (Wildman–Crippen LogP) is 4.05. The fourth-order valence-corrected chi connectivity index (χ4v) is 3.09. The van der Waals surface area contributed by atoms with Gasteiger partial charge in [-0.25, -0.2) is 0 Å². The highest BCUT2D eigenvalue weighted by atomic mass is 16.5. The zero-order valence-electron chi connectivity index (χ0n) is 13.7. The minimum Gasteiger partial charge on any atom is -0.497 e. The number of carbonyl (C=O) groups excluding carboxylic acids is 1. The molecule has 2 N–H and O–H groups in total. The van der Waals surface area contributed by atoms with Gasteiger partial charge in [0.2, 0.25) is 0 Å². The number of hydrogen-bond donors (Lipinski definition) is 2. The van der Waals surface area contributed by atoms with E-state index < -0.39 is 0 Å². The molecule has 3 aromatic carbocycles. The minimum absolute atomic E-state index is 0.00686. The standard InChI is InChI=1S/C21H17NO3/c1-25-16-6-3-14(4-7-16)21(24)15-5-9-20-18(11-15)17-10-13(12-23)2-8-19(17)22-20/h2-11,22-23H,12H2,1H3. The molecule has 0 fully saturated rings. The van der Waals surface area contributed by atoms with Gasteiger partial charge in [0.15, 0.2) is 5.78 Å². The Bertz CT molecular complexity index is 1080. The van der Waals surface area contributed by atoms with Crippen molar-refractivity contribution in [3.05, 3.63) is 77.4 Å². The molecule has 0 amide bonds. The number of carbonyl (C=O) groups is 1. The number of nitrogens with one attached hydrogen (secondary N) is 1. The van der Waals surface area contributed by atoms with Crippen LogP contribution in [-0.2, 0) is 6.61 Å². The molecular formula is C21H17NO3. The minimum atomic E-state index is -0.0304. The lowest BCUT2D eigenvalue weighted by atomic mass is 10.0. The van der Waals surface area contributed by atoms with Gasteiger partial charge in [0.1, 0.15) is 5.75 Å². The number of benzene rings is 3. The molecule has 1 heterocycles. The predicted molar refractivity (Wildman–Crippen MR) is 98.2 cm³/mol. The van der Waals surface area contributed by atoms with Gasteiger partial charge in [-0.15, -0.1) is 0 Å². The van der Waals surface area contributed by atoms with E-state index in [-0.39, 0.29) is 12.4 Å². The number of rotatable bonds is 4. The molecule has 0 aliphatic carbocycles. The van der Waals surface area contributed by atoms with Crippen molar-refractivity contribution in [3.8, 4) is 5.75 Å². The highest BCUT2D eigenvalue weighted by Gasteiger charge is 2.12. The van der Waals surface area contributed by atoms with Gasteiger partial charge in [-0.1, -0.05) is 6.07 Å². The summed E-state index contributed by atoms with van der Waals surface area (Å²) in [7, 11) is 1.60. The molecule has 4 heteroatoms. The van der Waals surface area contributed by atoms with Gasteiger partial charge < -0.3 is 14.8 Å². The summed E-state index contributed by atoms with van der Waals surface area (Å²) in [4.78, 5) is 16.1. The number of fused-ring (bicyclic) bond motifs is 3. The molecule has 0 saturated carbocycles. The second kappa shape index (κ2) is 6.07. The van der Waals surface area contributed by atoms with E-state index in [1.807, 2.05) is 36.4 Å². The van der Waals surface area contributed by atoms with Gasteiger partial charge >= 0.3 is 0 Å². The first kappa shape index (κ1) is 15.4. The Kier molecular flexibility index (Phi) is 3.75. The first-order valence-electron chi connectivity index (χ1n) is 8.03. The summed E-state index contributed by atoms with van der Waals surface area (Å²) in [5.41, 5.74) is 4.06. The molecule has 4 aromatic rings. The number of ketones is 1. The molecule has 0 bridgehead atoms. The Morgan fingerprint density at radius 2 is 1.56 bits per heavy atom. The molecule has 0 radical (unpaired) electrons. The number of H-pyrrole nitrogens is 1. The molecule has 25 heavy (non-hydrogen) atoms. The van der Waals surface area contributed by atoms with Crippen LogP contribution in [0.4, 0.5) is 0 Å². The second-order valence-corrected chi connectivity index (χ2v) is 5.98. The average Bonchev–Trinajstić information content (AvgIpc) is 3.04. The number of ether oxygens (including phenoxy) is 1. The van der Waals surface area contributed by atoms with E-state index >= 15 is 0 Å². The maximum absolute atomic E-state index is 12.8. The molecule has 4 rings (SSSR count). The van der Waals surface area contributed by atoms with Crippen molar-refractivity contribution in [1.29, 1.82) is 0 Å². The lowest BCUT2D eigenvalue weighted by Crippen LogP contribution is -2.00. The molecule has 0 atom stereocenters. The van der Waals surface area contributed by atoms with Crippen molar-refractivity contribution < 1.29 is 14.6 Å². The van der Waals surface area contributed by atoms with Crippen LogP contribution in [-0.4, -0.2) is 23.0 Å². The Balaban J connectivity index is 1.81. The Morgan fingerprint density at radius 1 is 0.920 bits per heavy atom. The second-order valence-electron chi connectivity index (χ2n) is 5.98. The van der Waals surface area contributed by atoms with Crippen LogP contribution >= 0.6 is 0 Å². The molecule has 0 unspecified atom stereocenters. The highest BCUT2D eigenvalue weighted by molar-refractivity contribution is 6.14. The molecule has 0 saturated heterocycles. The first-order valence-corrected chi connectivity index (χ1v) is 8.03. The van der Waals surface area contributed by atoms with Crippen LogP contribution in [0.3, 0.4) is 0 Å². The monoisotopic (exact) mass is 331 g/mol. The molecule has 0 spiro atoms. The van der Waals surface area contributed by atoms with Gasteiger partial charge in [0.25, 0.3) is 0 Å². The average molecular weight is 331 g/mol. The normalized spacial score (nSPS) is 11.1. The molecule has 1 aromatic heterocycles. The maximum Gasteiger partial charge on any atom is 0.193 e. The Morgan fingerprint density at radius 3 is 2.24 bits per heavy atom. The zero-order valence-corrected chi connectivity index (χ0v) is 13.7. The van der Waals surface area contributed by atoms with Crippen molar-refractivity contribution in [2.75, 3.05) is 7.11 Å². The van der Waals surface area contributed by atoms with Crippen LogP contribution in [0.2, 0.25) is 0 Å². The van der Waals surface area contributed by atoms with Crippen molar-refractivity contribution >= 4 is 27.6 Å². The Hall–Kier alpha value is -3.11. The maximum atomic E-state index is 12.8. The zero-order chi connectivity index (χ0) is 17.4. The Labute approximate surface area is 144 Å². The largest absolute Gasteiger partial charge is 0.497 e. The molecule has 0 aliphatic rings. The number of methoxy groups -OCH3 is 1. The van der Waals surface area contributed by atoms with E-state index in [1.54, 1.807) is 31.4 Å². The topological polar surface area (TPSA) is 62.3 Å². The summed E-state index contributed by atoms with van der Waals surface area (Å²) in [6, 6.07) is 18.6. The van der Waals surface area contributed by atoms with Gasteiger partial charge in [-0.2, -0.15) is 0 Å². The molecule has 4 nitrogen and oxygen atoms in total. The lowest BCUT2D eigenvalue weighted by molar-refractivity contribution is 0.103. The lowest BCUT2D eigenvalue weighted by Gasteiger charge is -2.04. The SMILES string of the molecule is COc1ccc(C(=O)c2ccc3[nH]c4ccc(CO)cc4c3c2)cc1.